The van der Waals surface area contributed by atoms with E-state index in [9.17, 15) is 4.79 Å². The summed E-state index contributed by atoms with van der Waals surface area (Å²) in [7, 11) is 2.17. The summed E-state index contributed by atoms with van der Waals surface area (Å²) in [4.78, 5) is 17.1. The SMILES string of the molecule is CCSCc1cc(C(=O)N2CCCC3(CCN(C)C3)C2)no1. The molecule has 2 aliphatic heterocycles. The molecular formula is C16H25N3O2S. The summed E-state index contributed by atoms with van der Waals surface area (Å²) < 4.78 is 5.29. The van der Waals surface area contributed by atoms with Gasteiger partial charge in [-0.2, -0.15) is 11.8 Å². The smallest absolute Gasteiger partial charge is 0.276 e. The fourth-order valence-corrected chi connectivity index (χ4v) is 4.26. The molecule has 1 spiro atoms. The van der Waals surface area contributed by atoms with Gasteiger partial charge in [-0.25, -0.2) is 0 Å². The molecule has 2 fully saturated rings. The Morgan fingerprint density at radius 3 is 3.00 bits per heavy atom. The van der Waals surface area contributed by atoms with Gasteiger partial charge in [0.15, 0.2) is 5.69 Å². The van der Waals surface area contributed by atoms with Crippen molar-refractivity contribution in [2.45, 2.75) is 31.9 Å². The minimum absolute atomic E-state index is 0.0325. The van der Waals surface area contributed by atoms with Crippen molar-refractivity contribution in [2.24, 2.45) is 5.41 Å². The molecule has 1 aromatic heterocycles. The third kappa shape index (κ3) is 3.33. The average Bonchev–Trinajstić information content (AvgIpc) is 3.12. The quantitative estimate of drug-likeness (QED) is 0.852. The summed E-state index contributed by atoms with van der Waals surface area (Å²) in [6, 6.07) is 1.81. The normalized spacial score (nSPS) is 26.0. The van der Waals surface area contributed by atoms with Crippen LogP contribution < -0.4 is 0 Å². The number of carbonyl (C=O) groups excluding carboxylic acids is 1. The molecule has 0 saturated carbocycles. The van der Waals surface area contributed by atoms with Crippen molar-refractivity contribution in [3.8, 4) is 0 Å². The first-order valence-electron chi connectivity index (χ1n) is 8.13. The lowest BCUT2D eigenvalue weighted by atomic mass is 9.79. The molecular weight excluding hydrogens is 298 g/mol. The van der Waals surface area contributed by atoms with E-state index in [-0.39, 0.29) is 5.91 Å². The lowest BCUT2D eigenvalue weighted by molar-refractivity contribution is 0.0525. The van der Waals surface area contributed by atoms with E-state index < -0.39 is 0 Å². The van der Waals surface area contributed by atoms with E-state index in [0.29, 0.717) is 11.1 Å². The Labute approximate surface area is 136 Å². The Morgan fingerprint density at radius 2 is 2.27 bits per heavy atom. The molecule has 1 amide bonds. The number of hydrogen-bond donors (Lipinski definition) is 0. The van der Waals surface area contributed by atoms with Gasteiger partial charge < -0.3 is 14.3 Å². The first kappa shape index (κ1) is 15.9. The minimum atomic E-state index is 0.0325. The highest BCUT2D eigenvalue weighted by atomic mass is 32.2. The van der Waals surface area contributed by atoms with Crippen molar-refractivity contribution in [2.75, 3.05) is 39.0 Å². The Balaban J connectivity index is 1.65. The van der Waals surface area contributed by atoms with Crippen LogP contribution in [0.4, 0.5) is 0 Å². The van der Waals surface area contributed by atoms with E-state index in [4.69, 9.17) is 4.52 Å². The molecule has 1 aromatic rings. The second-order valence-electron chi connectivity index (χ2n) is 6.63. The van der Waals surface area contributed by atoms with Crippen LogP contribution in [0, 0.1) is 5.41 Å². The number of rotatable bonds is 4. The van der Waals surface area contributed by atoms with Gasteiger partial charge in [0.1, 0.15) is 5.76 Å². The molecule has 6 heteroatoms. The van der Waals surface area contributed by atoms with Crippen LogP contribution in [0.2, 0.25) is 0 Å². The monoisotopic (exact) mass is 323 g/mol. The summed E-state index contributed by atoms with van der Waals surface area (Å²) in [6.45, 7) is 6.07. The third-order valence-corrected chi connectivity index (χ3v) is 5.70. The molecule has 122 valence electrons. The molecule has 1 atom stereocenters. The molecule has 0 aromatic carbocycles. The van der Waals surface area contributed by atoms with Crippen molar-refractivity contribution in [3.63, 3.8) is 0 Å². The van der Waals surface area contributed by atoms with E-state index in [1.807, 2.05) is 11.0 Å². The molecule has 2 aliphatic rings. The number of piperidine rings is 1. The topological polar surface area (TPSA) is 49.6 Å². The molecule has 1 unspecified atom stereocenters. The number of aromatic nitrogens is 1. The standard InChI is InChI=1S/C16H25N3O2S/c1-3-22-10-13-9-14(17-21-13)15(20)19-7-4-5-16(12-19)6-8-18(2)11-16/h9H,3-8,10-12H2,1-2H3. The average molecular weight is 323 g/mol. The fourth-order valence-electron chi connectivity index (χ4n) is 3.72. The number of hydrogen-bond acceptors (Lipinski definition) is 5. The van der Waals surface area contributed by atoms with Crippen LogP contribution in [0.1, 0.15) is 42.4 Å². The van der Waals surface area contributed by atoms with Crippen molar-refractivity contribution in [1.29, 1.82) is 0 Å². The molecule has 0 N–H and O–H groups in total. The second kappa shape index (κ2) is 6.62. The Hall–Kier alpha value is -1.01. The summed E-state index contributed by atoms with van der Waals surface area (Å²) in [5.74, 6) is 2.64. The van der Waals surface area contributed by atoms with Crippen LogP contribution in [0.25, 0.3) is 0 Å². The predicted octanol–water partition coefficient (Wildman–Crippen LogP) is 2.49. The van der Waals surface area contributed by atoms with Gasteiger partial charge in [-0.3, -0.25) is 4.79 Å². The van der Waals surface area contributed by atoms with Crippen LogP contribution >= 0.6 is 11.8 Å². The summed E-state index contributed by atoms with van der Waals surface area (Å²) in [6.07, 6.45) is 3.53. The van der Waals surface area contributed by atoms with Gasteiger partial charge >= 0.3 is 0 Å². The van der Waals surface area contributed by atoms with E-state index in [2.05, 4.69) is 24.0 Å². The maximum atomic E-state index is 12.7. The van der Waals surface area contributed by atoms with Crippen molar-refractivity contribution < 1.29 is 9.32 Å². The number of nitrogens with zero attached hydrogens (tertiary/aromatic N) is 3. The van der Waals surface area contributed by atoms with E-state index in [1.165, 1.54) is 12.8 Å². The maximum Gasteiger partial charge on any atom is 0.276 e. The second-order valence-corrected chi connectivity index (χ2v) is 7.91. The van der Waals surface area contributed by atoms with Crippen molar-refractivity contribution in [1.82, 2.24) is 15.0 Å². The van der Waals surface area contributed by atoms with Gasteiger partial charge in [0.25, 0.3) is 5.91 Å². The number of amides is 1. The number of carbonyl (C=O) groups is 1. The van der Waals surface area contributed by atoms with Crippen molar-refractivity contribution >= 4 is 17.7 Å². The Morgan fingerprint density at radius 1 is 1.41 bits per heavy atom. The zero-order valence-electron chi connectivity index (χ0n) is 13.5. The lowest BCUT2D eigenvalue weighted by Gasteiger charge is -2.40. The largest absolute Gasteiger partial charge is 0.360 e. The van der Waals surface area contributed by atoms with E-state index >= 15 is 0 Å². The first-order chi connectivity index (χ1) is 10.6. The van der Waals surface area contributed by atoms with Gasteiger partial charge in [-0.15, -0.1) is 0 Å². The molecule has 0 bridgehead atoms. The van der Waals surface area contributed by atoms with E-state index in [1.54, 1.807) is 11.8 Å². The lowest BCUT2D eigenvalue weighted by Crippen LogP contribution is -2.47. The van der Waals surface area contributed by atoms with E-state index in [0.717, 1.165) is 49.9 Å². The maximum absolute atomic E-state index is 12.7. The molecule has 0 aliphatic carbocycles. The predicted molar refractivity (Wildman–Crippen MR) is 88.0 cm³/mol. The zero-order valence-corrected chi connectivity index (χ0v) is 14.3. The van der Waals surface area contributed by atoms with Gasteiger partial charge in [-0.05, 0) is 38.6 Å². The molecule has 3 heterocycles. The van der Waals surface area contributed by atoms with Crippen LogP contribution in [0.3, 0.4) is 0 Å². The fraction of sp³-hybridized carbons (Fsp3) is 0.750. The van der Waals surface area contributed by atoms with Gasteiger partial charge in [0.2, 0.25) is 0 Å². The first-order valence-corrected chi connectivity index (χ1v) is 9.28. The van der Waals surface area contributed by atoms with Gasteiger partial charge in [0.05, 0.1) is 5.75 Å². The van der Waals surface area contributed by atoms with Crippen LogP contribution in [0.15, 0.2) is 10.6 Å². The molecule has 0 radical (unpaired) electrons. The molecule has 5 nitrogen and oxygen atoms in total. The highest BCUT2D eigenvalue weighted by Crippen LogP contribution is 2.38. The Bertz CT molecular complexity index is 529. The number of thioether (sulfide) groups is 1. The molecule has 22 heavy (non-hydrogen) atoms. The van der Waals surface area contributed by atoms with Crippen molar-refractivity contribution in [3.05, 3.63) is 17.5 Å². The van der Waals surface area contributed by atoms with Crippen LogP contribution in [0.5, 0.6) is 0 Å². The summed E-state index contributed by atoms with van der Waals surface area (Å²) >= 11 is 1.77. The summed E-state index contributed by atoms with van der Waals surface area (Å²) in [5, 5.41) is 3.98. The molecule has 3 rings (SSSR count). The van der Waals surface area contributed by atoms with Gasteiger partial charge in [0, 0.05) is 31.1 Å². The highest BCUT2D eigenvalue weighted by Gasteiger charge is 2.41. The minimum Gasteiger partial charge on any atom is -0.360 e. The highest BCUT2D eigenvalue weighted by molar-refractivity contribution is 7.98. The van der Waals surface area contributed by atoms with Crippen LogP contribution in [-0.2, 0) is 5.75 Å². The number of likely N-dealkylation sites (tertiary alicyclic amines) is 2. The Kier molecular flexibility index (Phi) is 4.78. The zero-order chi connectivity index (χ0) is 15.6. The van der Waals surface area contributed by atoms with Gasteiger partial charge in [-0.1, -0.05) is 12.1 Å². The van der Waals surface area contributed by atoms with Crippen LogP contribution in [-0.4, -0.2) is 59.8 Å². The third-order valence-electron chi connectivity index (χ3n) is 4.80. The molecule has 2 saturated heterocycles. The summed E-state index contributed by atoms with van der Waals surface area (Å²) in [5.41, 5.74) is 0.767.